The van der Waals surface area contributed by atoms with Gasteiger partial charge in [0.25, 0.3) is 9.04 Å². The fourth-order valence-corrected chi connectivity index (χ4v) is 8.40. The van der Waals surface area contributed by atoms with Crippen LogP contribution in [0, 0.1) is 0 Å². The van der Waals surface area contributed by atoms with Crippen molar-refractivity contribution in [1.29, 1.82) is 0 Å². The van der Waals surface area contributed by atoms with Crippen molar-refractivity contribution in [3.8, 4) is 0 Å². The number of fused-ring (bicyclic) bond motifs is 1. The Morgan fingerprint density at radius 3 is 1.69 bits per heavy atom. The molecule has 0 bridgehead atoms. The van der Waals surface area contributed by atoms with Crippen LogP contribution in [-0.2, 0) is 21.0 Å². The van der Waals surface area contributed by atoms with Crippen LogP contribution in [0.5, 0.6) is 0 Å². The molecule has 1 amide bonds. The fourth-order valence-electron chi connectivity index (χ4n) is 6.07. The van der Waals surface area contributed by atoms with Gasteiger partial charge in [0.15, 0.2) is 0 Å². The van der Waals surface area contributed by atoms with Crippen molar-refractivity contribution >= 4 is 42.6 Å². The van der Waals surface area contributed by atoms with Gasteiger partial charge in [0, 0.05) is 11.1 Å². The Morgan fingerprint density at radius 1 is 0.667 bits per heavy atom. The number of hydrogen-bond acceptors (Lipinski definition) is 3. The molecule has 0 saturated carbocycles. The van der Waals surface area contributed by atoms with Gasteiger partial charge in [0.1, 0.15) is 12.4 Å². The molecule has 1 aliphatic rings. The Bertz CT molecular complexity index is 1690. The molecule has 1 aliphatic carbocycles. The minimum Gasteiger partial charge on any atom is -0.537 e. The molecule has 0 aromatic heterocycles. The summed E-state index contributed by atoms with van der Waals surface area (Å²) in [6, 6.07) is 46.9. The molecular weight excluding hydrogens is 571 g/mol. The number of hydrogen-bond donors (Lipinski definition) is 0. The third-order valence-electron chi connectivity index (χ3n) is 8.25. The first-order valence-electron chi connectivity index (χ1n) is 15.6. The topological polar surface area (TPSA) is 38.8 Å². The van der Waals surface area contributed by atoms with Crippen molar-refractivity contribution in [3.05, 3.63) is 162 Å². The number of nitrogens with zero attached hydrogens (tertiary/aromatic N) is 1. The van der Waals surface area contributed by atoms with Crippen molar-refractivity contribution in [2.24, 2.45) is 0 Å². The Kier molecular flexibility index (Phi) is 8.99. The van der Waals surface area contributed by atoms with E-state index in [-0.39, 0.29) is 12.0 Å². The zero-order valence-corrected chi connectivity index (χ0v) is 27.3. The molecule has 4 nitrogen and oxygen atoms in total. The number of para-hydroxylation sites is 2. The minimum absolute atomic E-state index is 0.0119. The second kappa shape index (κ2) is 13.4. The van der Waals surface area contributed by atoms with Gasteiger partial charge in [-0.3, -0.25) is 0 Å². The van der Waals surface area contributed by atoms with Crippen molar-refractivity contribution in [3.63, 3.8) is 0 Å². The lowest BCUT2D eigenvalue weighted by molar-refractivity contribution is 0.165. The molecule has 5 aromatic carbocycles. The number of carbonyl (C=O) groups is 1. The summed E-state index contributed by atoms with van der Waals surface area (Å²) < 4.78 is 13.4. The van der Waals surface area contributed by atoms with Crippen LogP contribution in [-0.4, -0.2) is 21.7 Å². The molecule has 0 heterocycles. The molecule has 0 spiro atoms. The van der Waals surface area contributed by atoms with Crippen LogP contribution in [0.3, 0.4) is 0 Å². The second-order valence-corrected chi connectivity index (χ2v) is 14.7. The zero-order valence-electron chi connectivity index (χ0n) is 26.1. The first-order chi connectivity index (χ1) is 21.9. The van der Waals surface area contributed by atoms with Gasteiger partial charge in [-0.25, -0.2) is 9.69 Å². The van der Waals surface area contributed by atoms with Crippen LogP contribution in [0.1, 0.15) is 43.9 Å². The molecule has 0 atom stereocenters. The average Bonchev–Trinajstić information content (AvgIpc) is 3.07. The highest BCUT2D eigenvalue weighted by Gasteiger charge is 2.31. The van der Waals surface area contributed by atoms with E-state index in [1.165, 1.54) is 21.5 Å². The van der Waals surface area contributed by atoms with Gasteiger partial charge in [-0.1, -0.05) is 136 Å². The smallest absolute Gasteiger partial charge is 0.419 e. The van der Waals surface area contributed by atoms with Crippen LogP contribution in [0.25, 0.3) is 5.76 Å². The van der Waals surface area contributed by atoms with Crippen molar-refractivity contribution < 1.29 is 14.0 Å². The number of benzene rings is 5. The van der Waals surface area contributed by atoms with Gasteiger partial charge < -0.3 is 9.16 Å². The largest absolute Gasteiger partial charge is 0.537 e. The fraction of sp³-hybridized carbons (Fsp3) is 0.175. The van der Waals surface area contributed by atoms with E-state index < -0.39 is 15.1 Å². The van der Waals surface area contributed by atoms with Gasteiger partial charge in [0.05, 0.1) is 11.4 Å². The quantitative estimate of drug-likeness (QED) is 0.167. The van der Waals surface area contributed by atoms with Crippen LogP contribution < -0.4 is 15.3 Å². The summed E-state index contributed by atoms with van der Waals surface area (Å²) in [6.07, 6.45) is 1.20. The summed E-state index contributed by atoms with van der Waals surface area (Å²) in [4.78, 5) is 15.5. The number of rotatable bonds is 8. The van der Waals surface area contributed by atoms with Gasteiger partial charge in [-0.2, -0.15) is 0 Å². The van der Waals surface area contributed by atoms with Crippen molar-refractivity contribution in [2.45, 2.75) is 39.0 Å². The monoisotopic (exact) mass is 609 g/mol. The maximum Gasteiger partial charge on any atom is 0.419 e. The molecule has 0 N–H and O–H groups in total. The van der Waals surface area contributed by atoms with E-state index in [1.807, 2.05) is 72.8 Å². The lowest BCUT2D eigenvalue weighted by Crippen LogP contribution is -2.45. The lowest BCUT2D eigenvalue weighted by atomic mass is 9.78. The number of ether oxygens (including phenoxy) is 1. The lowest BCUT2D eigenvalue weighted by Gasteiger charge is -2.32. The number of amides is 1. The van der Waals surface area contributed by atoms with Crippen LogP contribution in [0.15, 0.2) is 145 Å². The molecule has 0 unspecified atom stereocenters. The molecule has 0 aliphatic heterocycles. The van der Waals surface area contributed by atoms with Gasteiger partial charge in [-0.15, -0.1) is 0 Å². The van der Waals surface area contributed by atoms with Gasteiger partial charge in [-0.05, 0) is 64.0 Å². The summed E-state index contributed by atoms with van der Waals surface area (Å²) in [7, 11) is -2.15. The highest BCUT2D eigenvalue weighted by atomic mass is 28.3. The molecular formula is C40H39NO3Si. The Hall–Kier alpha value is -4.87. The SMILES string of the molecule is CC(C)(C)c1cccc2c1CCC(COC(=O)N(c1ccccc1)c1ccccc1)=C2O[SiH](c1ccccc1)c1ccccc1. The van der Waals surface area contributed by atoms with E-state index in [4.69, 9.17) is 9.16 Å². The van der Waals surface area contributed by atoms with Crippen molar-refractivity contribution in [2.75, 3.05) is 11.5 Å². The summed E-state index contributed by atoms with van der Waals surface area (Å²) in [6.45, 7) is 6.93. The average molecular weight is 610 g/mol. The van der Waals surface area contributed by atoms with E-state index in [2.05, 4.69) is 87.5 Å². The Labute approximate surface area is 268 Å². The van der Waals surface area contributed by atoms with E-state index in [0.29, 0.717) is 0 Å². The van der Waals surface area contributed by atoms with E-state index in [0.717, 1.165) is 41.1 Å². The first kappa shape index (κ1) is 30.2. The molecule has 45 heavy (non-hydrogen) atoms. The zero-order chi connectivity index (χ0) is 31.2. The first-order valence-corrected chi connectivity index (χ1v) is 17.2. The summed E-state index contributed by atoms with van der Waals surface area (Å²) in [5, 5.41) is 2.40. The second-order valence-electron chi connectivity index (χ2n) is 12.4. The third-order valence-corrected chi connectivity index (χ3v) is 10.7. The molecule has 5 heteroatoms. The summed E-state index contributed by atoms with van der Waals surface area (Å²) >= 11 is 0. The minimum atomic E-state index is -2.15. The molecule has 6 rings (SSSR count). The van der Waals surface area contributed by atoms with Crippen molar-refractivity contribution in [1.82, 2.24) is 0 Å². The van der Waals surface area contributed by atoms with E-state index >= 15 is 0 Å². The van der Waals surface area contributed by atoms with Gasteiger partial charge >= 0.3 is 6.09 Å². The van der Waals surface area contributed by atoms with E-state index in [1.54, 1.807) is 4.90 Å². The third kappa shape index (κ3) is 6.79. The summed E-state index contributed by atoms with van der Waals surface area (Å²) in [5.74, 6) is 0.852. The molecule has 0 saturated heterocycles. The van der Waals surface area contributed by atoms with Crippen LogP contribution >= 0.6 is 0 Å². The maximum absolute atomic E-state index is 13.8. The summed E-state index contributed by atoms with van der Waals surface area (Å²) in [5.41, 5.74) is 6.25. The highest BCUT2D eigenvalue weighted by Crippen LogP contribution is 2.39. The maximum atomic E-state index is 13.8. The Balaban J connectivity index is 1.40. The predicted molar refractivity (Wildman–Crippen MR) is 187 cm³/mol. The Morgan fingerprint density at radius 2 is 1.18 bits per heavy atom. The standard InChI is InChI=1S/C40H39NO3Si/c1-40(2,3)37-26-16-25-36-35(37)28-27-30(38(36)44-45(33-21-12-6-13-22-33)34-23-14-7-15-24-34)29-43-39(42)41(31-17-8-4-9-18-31)32-19-10-5-11-20-32/h4-26,45H,27-29H2,1-3H3. The normalized spacial score (nSPS) is 12.9. The number of anilines is 2. The molecule has 0 radical (unpaired) electrons. The molecule has 0 fully saturated rings. The number of carbonyl (C=O) groups excluding carboxylic acids is 1. The van der Waals surface area contributed by atoms with E-state index in [9.17, 15) is 4.79 Å². The van der Waals surface area contributed by atoms with Gasteiger partial charge in [0.2, 0.25) is 0 Å². The van der Waals surface area contributed by atoms with Crippen LogP contribution in [0.2, 0.25) is 0 Å². The predicted octanol–water partition coefficient (Wildman–Crippen LogP) is 8.17. The molecule has 226 valence electrons. The van der Waals surface area contributed by atoms with Crippen LogP contribution in [0.4, 0.5) is 16.2 Å². The molecule has 5 aromatic rings. The highest BCUT2D eigenvalue weighted by molar-refractivity contribution is 6.80.